The van der Waals surface area contributed by atoms with E-state index < -0.39 is 5.96 Å². The number of nitrogens with zero attached hydrogens (tertiary/aromatic N) is 2. The van der Waals surface area contributed by atoms with Gasteiger partial charge in [0.15, 0.2) is 0 Å². The lowest BCUT2D eigenvalue weighted by molar-refractivity contribution is 0.625. The lowest BCUT2D eigenvalue weighted by Gasteiger charge is -2.32. The molecule has 6 heteroatoms. The predicted octanol–water partition coefficient (Wildman–Crippen LogP) is 5.10. The van der Waals surface area contributed by atoms with Crippen LogP contribution in [0.25, 0.3) is 45.8 Å². The Hall–Kier alpha value is -4.42. The first-order valence-corrected chi connectivity index (χ1v) is 10.3. The number of hydrogen-bond acceptors (Lipinski definition) is 3. The van der Waals surface area contributed by atoms with E-state index >= 15 is 0 Å². The van der Waals surface area contributed by atoms with E-state index in [1.54, 1.807) is 4.90 Å². The molecule has 32 heavy (non-hydrogen) atoms. The topological polar surface area (TPSA) is 106 Å². The summed E-state index contributed by atoms with van der Waals surface area (Å²) in [4.78, 5) is 1.78. The predicted molar refractivity (Wildman–Crippen MR) is 134 cm³/mol. The molecule has 6 rings (SSSR count). The van der Waals surface area contributed by atoms with Crippen molar-refractivity contribution in [3.05, 3.63) is 82.9 Å². The molecule has 0 unspecified atom stereocenters. The van der Waals surface area contributed by atoms with Crippen LogP contribution in [0.4, 0.5) is 11.4 Å². The maximum absolute atomic E-state index is 8.93. The molecule has 2 aliphatic rings. The van der Waals surface area contributed by atoms with Gasteiger partial charge in [-0.2, -0.15) is 0 Å². The van der Waals surface area contributed by atoms with Gasteiger partial charge < -0.3 is 5.73 Å². The summed E-state index contributed by atoms with van der Waals surface area (Å²) in [7, 11) is 0. The standard InChI is InChI=1S/C26H20N6/c27-25(28)32(30)26(29)31(21-13-11-17-9-7-15-3-1-5-19(21)23(15)17)22-14-12-18-10-8-16-4-2-6-20(22)24(16)18/h1-14,29H,30H2,(H3,27,28). The SMILES string of the molecule is N=C(N)N(N)C(=N)N(c1ccc2c3c(cccc13)C=C2)c1ccc2c3c(cccc13)C=C2. The highest BCUT2D eigenvalue weighted by molar-refractivity contribution is 6.20. The van der Waals surface area contributed by atoms with Crippen LogP contribution in [-0.4, -0.2) is 16.9 Å². The van der Waals surface area contributed by atoms with E-state index in [9.17, 15) is 0 Å². The summed E-state index contributed by atoms with van der Waals surface area (Å²) < 4.78 is 0. The molecule has 0 fully saturated rings. The molecule has 0 saturated carbocycles. The highest BCUT2D eigenvalue weighted by atomic mass is 15.5. The second-order valence-corrected chi connectivity index (χ2v) is 7.97. The third-order valence-corrected chi connectivity index (χ3v) is 6.23. The van der Waals surface area contributed by atoms with Crippen molar-refractivity contribution < 1.29 is 0 Å². The Bertz CT molecular complexity index is 1420. The Morgan fingerprint density at radius 1 is 0.625 bits per heavy atom. The molecular formula is C26H20N6. The Labute approximate surface area is 184 Å². The molecule has 154 valence electrons. The molecular weight excluding hydrogens is 396 g/mol. The average molecular weight is 416 g/mol. The maximum Gasteiger partial charge on any atom is 0.224 e. The summed E-state index contributed by atoms with van der Waals surface area (Å²) in [6, 6.07) is 20.4. The number of hydrogen-bond donors (Lipinski definition) is 4. The van der Waals surface area contributed by atoms with E-state index in [1.807, 2.05) is 24.3 Å². The third kappa shape index (κ3) is 2.44. The zero-order chi connectivity index (χ0) is 22.0. The fourth-order valence-corrected chi connectivity index (χ4v) is 4.78. The van der Waals surface area contributed by atoms with E-state index in [1.165, 1.54) is 0 Å². The molecule has 0 heterocycles. The number of anilines is 2. The van der Waals surface area contributed by atoms with Crippen LogP contribution >= 0.6 is 0 Å². The molecule has 0 aromatic heterocycles. The van der Waals surface area contributed by atoms with Gasteiger partial charge in [-0.15, -0.1) is 0 Å². The Morgan fingerprint density at radius 3 is 1.50 bits per heavy atom. The molecule has 0 amide bonds. The van der Waals surface area contributed by atoms with Crippen molar-refractivity contribution in [1.29, 1.82) is 10.8 Å². The Morgan fingerprint density at radius 2 is 1.06 bits per heavy atom. The summed E-state index contributed by atoms with van der Waals surface area (Å²) >= 11 is 0. The lowest BCUT2D eigenvalue weighted by atomic mass is 9.99. The second-order valence-electron chi connectivity index (χ2n) is 7.97. The summed E-state index contributed by atoms with van der Waals surface area (Å²) in [6.07, 6.45) is 8.41. The van der Waals surface area contributed by atoms with Gasteiger partial charge in [-0.3, -0.25) is 15.7 Å². The first-order valence-electron chi connectivity index (χ1n) is 10.3. The molecule has 2 aliphatic carbocycles. The van der Waals surface area contributed by atoms with Crippen LogP contribution in [0.1, 0.15) is 22.3 Å². The van der Waals surface area contributed by atoms with E-state index in [0.717, 1.165) is 60.2 Å². The van der Waals surface area contributed by atoms with Crippen molar-refractivity contribution in [1.82, 2.24) is 5.01 Å². The maximum atomic E-state index is 8.93. The third-order valence-electron chi connectivity index (χ3n) is 6.23. The second kappa shape index (κ2) is 6.54. The Kier molecular flexibility index (Phi) is 3.75. The van der Waals surface area contributed by atoms with Gasteiger partial charge in [0.05, 0.1) is 11.4 Å². The fraction of sp³-hybridized carbons (Fsp3) is 0. The average Bonchev–Trinajstić information content (AvgIpc) is 3.42. The fourth-order valence-electron chi connectivity index (χ4n) is 4.78. The zero-order valence-corrected chi connectivity index (χ0v) is 17.1. The van der Waals surface area contributed by atoms with Crippen LogP contribution in [0.3, 0.4) is 0 Å². The highest BCUT2D eigenvalue weighted by Crippen LogP contribution is 2.43. The van der Waals surface area contributed by atoms with Crippen LogP contribution in [0.5, 0.6) is 0 Å². The van der Waals surface area contributed by atoms with Crippen molar-refractivity contribution >= 4 is 69.1 Å². The van der Waals surface area contributed by atoms with E-state index in [4.69, 9.17) is 22.4 Å². The van der Waals surface area contributed by atoms with Gasteiger partial charge in [0.1, 0.15) is 0 Å². The molecule has 0 bridgehead atoms. The number of guanidine groups is 2. The number of nitrogens with two attached hydrogens (primary N) is 2. The van der Waals surface area contributed by atoms with Gasteiger partial charge in [-0.05, 0) is 45.2 Å². The monoisotopic (exact) mass is 416 g/mol. The largest absolute Gasteiger partial charge is 0.369 e. The molecule has 0 spiro atoms. The molecule has 4 aromatic carbocycles. The van der Waals surface area contributed by atoms with E-state index in [0.29, 0.717) is 0 Å². The van der Waals surface area contributed by atoms with Gasteiger partial charge >= 0.3 is 0 Å². The molecule has 0 radical (unpaired) electrons. The van der Waals surface area contributed by atoms with Gasteiger partial charge in [0, 0.05) is 10.8 Å². The lowest BCUT2D eigenvalue weighted by Crippen LogP contribution is -2.52. The van der Waals surface area contributed by atoms with Crippen LogP contribution < -0.4 is 16.5 Å². The van der Waals surface area contributed by atoms with Gasteiger partial charge in [-0.25, -0.2) is 10.9 Å². The minimum Gasteiger partial charge on any atom is -0.369 e. The number of benzene rings is 4. The highest BCUT2D eigenvalue weighted by Gasteiger charge is 2.26. The summed E-state index contributed by atoms with van der Waals surface area (Å²) in [5.41, 5.74) is 11.9. The first kappa shape index (κ1) is 18.4. The van der Waals surface area contributed by atoms with Crippen LogP contribution in [0, 0.1) is 10.8 Å². The summed E-state index contributed by atoms with van der Waals surface area (Å²) in [5.74, 6) is 5.56. The molecule has 0 saturated heterocycles. The van der Waals surface area contributed by atoms with Crippen molar-refractivity contribution in [2.45, 2.75) is 0 Å². The van der Waals surface area contributed by atoms with Crippen molar-refractivity contribution in [2.75, 3.05) is 4.90 Å². The van der Waals surface area contributed by atoms with Gasteiger partial charge in [0.25, 0.3) is 0 Å². The van der Waals surface area contributed by atoms with Crippen molar-refractivity contribution in [3.63, 3.8) is 0 Å². The van der Waals surface area contributed by atoms with Crippen LogP contribution in [0.2, 0.25) is 0 Å². The smallest absolute Gasteiger partial charge is 0.224 e. The summed E-state index contributed by atoms with van der Waals surface area (Å²) in [5, 5.41) is 21.9. The Balaban J connectivity index is 1.67. The van der Waals surface area contributed by atoms with Gasteiger partial charge in [-0.1, -0.05) is 72.8 Å². The molecule has 0 aliphatic heterocycles. The zero-order valence-electron chi connectivity index (χ0n) is 17.1. The van der Waals surface area contributed by atoms with Crippen molar-refractivity contribution in [2.24, 2.45) is 11.6 Å². The first-order chi connectivity index (χ1) is 15.5. The molecule has 4 aromatic rings. The minimum atomic E-state index is -0.403. The minimum absolute atomic E-state index is 0.101. The summed E-state index contributed by atoms with van der Waals surface area (Å²) in [6.45, 7) is 0. The number of nitrogens with one attached hydrogen (secondary N) is 2. The molecule has 0 atom stereocenters. The number of hydrazine groups is 1. The molecule has 6 nitrogen and oxygen atoms in total. The molecule has 6 N–H and O–H groups in total. The van der Waals surface area contributed by atoms with Gasteiger partial charge in [0.2, 0.25) is 11.9 Å². The number of rotatable bonds is 2. The van der Waals surface area contributed by atoms with E-state index in [2.05, 4.69) is 60.7 Å². The van der Waals surface area contributed by atoms with Crippen molar-refractivity contribution in [3.8, 4) is 0 Å². The van der Waals surface area contributed by atoms with E-state index in [-0.39, 0.29) is 5.96 Å². The quantitative estimate of drug-likeness (QED) is 0.136. The normalized spacial score (nSPS) is 12.7. The van der Waals surface area contributed by atoms with Crippen LogP contribution in [-0.2, 0) is 0 Å². The van der Waals surface area contributed by atoms with Crippen LogP contribution in [0.15, 0.2) is 60.7 Å².